The zero-order valence-electron chi connectivity index (χ0n) is 10.8. The number of carboxylic acids is 1. The summed E-state index contributed by atoms with van der Waals surface area (Å²) >= 11 is 0. The lowest BCUT2D eigenvalue weighted by Gasteiger charge is -1.97. The topological polar surface area (TPSA) is 94.7 Å². The van der Waals surface area contributed by atoms with Crippen molar-refractivity contribution in [1.29, 1.82) is 0 Å². The Labute approximate surface area is 118 Å². The number of carboxylic acid groups (broad SMARTS) is 1. The summed E-state index contributed by atoms with van der Waals surface area (Å²) in [5.74, 6) is -1.02. The lowest BCUT2D eigenvalue weighted by atomic mass is 10.1. The van der Waals surface area contributed by atoms with Crippen LogP contribution in [0.3, 0.4) is 0 Å². The van der Waals surface area contributed by atoms with Gasteiger partial charge in [0.25, 0.3) is 0 Å². The number of rotatable bonds is 2. The standard InChI is InChI=1S/C15H10N4O2/c20-15(21)13-6-12(18-19-13)8-1-2-11-10(5-8)9-3-4-16-7-14(9)17-11/h1-7,17H,(H,18,19)(H,20,21). The lowest BCUT2D eigenvalue weighted by molar-refractivity contribution is 0.0690. The SMILES string of the molecule is O=C(O)c1cc(-c2ccc3[nH]c4cnccc4c3c2)n[nH]1. The van der Waals surface area contributed by atoms with Gasteiger partial charge >= 0.3 is 5.97 Å². The molecule has 3 N–H and O–H groups in total. The van der Waals surface area contributed by atoms with Crippen LogP contribution in [-0.2, 0) is 0 Å². The van der Waals surface area contributed by atoms with Crippen molar-refractivity contribution >= 4 is 27.8 Å². The maximum absolute atomic E-state index is 10.9. The Balaban J connectivity index is 1.92. The second kappa shape index (κ2) is 4.17. The highest BCUT2D eigenvalue weighted by Crippen LogP contribution is 2.29. The molecule has 0 fully saturated rings. The molecule has 4 rings (SSSR count). The van der Waals surface area contributed by atoms with Crippen LogP contribution in [-0.4, -0.2) is 31.2 Å². The number of H-pyrrole nitrogens is 2. The summed E-state index contributed by atoms with van der Waals surface area (Å²) in [7, 11) is 0. The van der Waals surface area contributed by atoms with E-state index >= 15 is 0 Å². The highest BCUT2D eigenvalue weighted by atomic mass is 16.4. The van der Waals surface area contributed by atoms with Crippen LogP contribution in [0.5, 0.6) is 0 Å². The third-order valence-corrected chi connectivity index (χ3v) is 3.50. The van der Waals surface area contributed by atoms with Gasteiger partial charge in [-0.3, -0.25) is 10.1 Å². The summed E-state index contributed by atoms with van der Waals surface area (Å²) < 4.78 is 0. The van der Waals surface area contributed by atoms with Crippen molar-refractivity contribution in [3.8, 4) is 11.3 Å². The van der Waals surface area contributed by atoms with Gasteiger partial charge in [0.1, 0.15) is 5.69 Å². The second-order valence-corrected chi connectivity index (χ2v) is 4.78. The summed E-state index contributed by atoms with van der Waals surface area (Å²) in [6.07, 6.45) is 3.53. The van der Waals surface area contributed by atoms with Crippen molar-refractivity contribution in [1.82, 2.24) is 20.2 Å². The molecule has 0 aliphatic carbocycles. The minimum atomic E-state index is -1.02. The normalized spacial score (nSPS) is 11.2. The Morgan fingerprint density at radius 3 is 2.81 bits per heavy atom. The van der Waals surface area contributed by atoms with Gasteiger partial charge in [-0.25, -0.2) is 4.79 Å². The molecule has 0 bridgehead atoms. The van der Waals surface area contributed by atoms with Gasteiger partial charge in [0, 0.05) is 28.0 Å². The Hall–Kier alpha value is -3.15. The molecule has 0 amide bonds. The van der Waals surface area contributed by atoms with Crippen LogP contribution in [0.15, 0.2) is 42.7 Å². The van der Waals surface area contributed by atoms with Gasteiger partial charge in [-0.2, -0.15) is 5.10 Å². The minimum absolute atomic E-state index is 0.0771. The predicted octanol–water partition coefficient (Wildman–Crippen LogP) is 2.80. The number of pyridine rings is 1. The molecule has 1 aromatic carbocycles. The van der Waals surface area contributed by atoms with E-state index in [0.717, 1.165) is 27.4 Å². The number of aromatic nitrogens is 4. The van der Waals surface area contributed by atoms with Gasteiger partial charge in [-0.05, 0) is 24.3 Å². The zero-order chi connectivity index (χ0) is 14.4. The average molecular weight is 278 g/mol. The maximum Gasteiger partial charge on any atom is 0.353 e. The van der Waals surface area contributed by atoms with Crippen molar-refractivity contribution in [3.63, 3.8) is 0 Å². The first-order valence-electron chi connectivity index (χ1n) is 6.37. The largest absolute Gasteiger partial charge is 0.477 e. The van der Waals surface area contributed by atoms with Crippen molar-refractivity contribution < 1.29 is 9.90 Å². The van der Waals surface area contributed by atoms with Crippen LogP contribution >= 0.6 is 0 Å². The first kappa shape index (κ1) is 11.7. The Bertz CT molecular complexity index is 984. The number of hydrogen-bond donors (Lipinski definition) is 3. The zero-order valence-corrected chi connectivity index (χ0v) is 10.8. The van der Waals surface area contributed by atoms with Gasteiger partial charge in [-0.1, -0.05) is 6.07 Å². The molecule has 0 aliphatic rings. The van der Waals surface area contributed by atoms with Crippen LogP contribution in [0, 0.1) is 0 Å². The quantitative estimate of drug-likeness (QED) is 0.525. The summed E-state index contributed by atoms with van der Waals surface area (Å²) in [6.45, 7) is 0. The molecule has 6 nitrogen and oxygen atoms in total. The smallest absolute Gasteiger partial charge is 0.353 e. The summed E-state index contributed by atoms with van der Waals surface area (Å²) in [5, 5.41) is 17.6. The average Bonchev–Trinajstić information content (AvgIpc) is 3.11. The Kier molecular flexibility index (Phi) is 2.32. The van der Waals surface area contributed by atoms with Crippen LogP contribution < -0.4 is 0 Å². The molecule has 0 unspecified atom stereocenters. The number of nitrogens with one attached hydrogen (secondary N) is 2. The molecule has 3 heterocycles. The molecule has 0 saturated heterocycles. The number of fused-ring (bicyclic) bond motifs is 3. The summed E-state index contributed by atoms with van der Waals surface area (Å²) in [6, 6.07) is 9.34. The van der Waals surface area contributed by atoms with Gasteiger partial charge < -0.3 is 10.1 Å². The van der Waals surface area contributed by atoms with Crippen molar-refractivity contribution in [2.45, 2.75) is 0 Å². The molecular formula is C15H10N4O2. The van der Waals surface area contributed by atoms with E-state index in [-0.39, 0.29) is 5.69 Å². The molecule has 102 valence electrons. The fraction of sp³-hybridized carbons (Fsp3) is 0. The van der Waals surface area contributed by atoms with E-state index in [2.05, 4.69) is 20.2 Å². The van der Waals surface area contributed by atoms with E-state index in [1.807, 2.05) is 24.3 Å². The molecule has 0 spiro atoms. The maximum atomic E-state index is 10.9. The molecule has 6 heteroatoms. The van der Waals surface area contributed by atoms with Gasteiger partial charge in [-0.15, -0.1) is 0 Å². The van der Waals surface area contributed by atoms with E-state index in [1.54, 1.807) is 12.4 Å². The first-order valence-corrected chi connectivity index (χ1v) is 6.37. The number of benzene rings is 1. The Morgan fingerprint density at radius 2 is 2.00 bits per heavy atom. The summed E-state index contributed by atoms with van der Waals surface area (Å²) in [5.41, 5.74) is 3.53. The number of aromatic amines is 2. The molecule has 4 aromatic rings. The van der Waals surface area contributed by atoms with E-state index in [1.165, 1.54) is 6.07 Å². The highest BCUT2D eigenvalue weighted by molar-refractivity contribution is 6.08. The van der Waals surface area contributed by atoms with Crippen molar-refractivity contribution in [2.24, 2.45) is 0 Å². The molecule has 3 aromatic heterocycles. The molecule has 0 atom stereocenters. The summed E-state index contributed by atoms with van der Waals surface area (Å²) in [4.78, 5) is 18.3. The molecule has 0 aliphatic heterocycles. The number of aromatic carboxylic acids is 1. The monoisotopic (exact) mass is 278 g/mol. The first-order chi connectivity index (χ1) is 10.2. The third-order valence-electron chi connectivity index (χ3n) is 3.50. The van der Waals surface area contributed by atoms with Crippen LogP contribution in [0.4, 0.5) is 0 Å². The highest BCUT2D eigenvalue weighted by Gasteiger charge is 2.11. The second-order valence-electron chi connectivity index (χ2n) is 4.78. The fourth-order valence-electron chi connectivity index (χ4n) is 2.49. The van der Waals surface area contributed by atoms with Gasteiger partial charge in [0.15, 0.2) is 0 Å². The predicted molar refractivity (Wildman–Crippen MR) is 78.1 cm³/mol. The molecular weight excluding hydrogens is 268 g/mol. The van der Waals surface area contributed by atoms with Gasteiger partial charge in [0.2, 0.25) is 0 Å². The fourth-order valence-corrected chi connectivity index (χ4v) is 2.49. The van der Waals surface area contributed by atoms with Crippen LogP contribution in [0.1, 0.15) is 10.5 Å². The third kappa shape index (κ3) is 1.77. The molecule has 0 radical (unpaired) electrons. The number of carbonyl (C=O) groups is 1. The lowest BCUT2D eigenvalue weighted by Crippen LogP contribution is -1.95. The van der Waals surface area contributed by atoms with E-state index < -0.39 is 5.97 Å². The van der Waals surface area contributed by atoms with E-state index in [9.17, 15) is 4.79 Å². The van der Waals surface area contributed by atoms with E-state index in [0.29, 0.717) is 5.69 Å². The number of hydrogen-bond acceptors (Lipinski definition) is 3. The molecule has 0 saturated carbocycles. The minimum Gasteiger partial charge on any atom is -0.477 e. The van der Waals surface area contributed by atoms with Crippen molar-refractivity contribution in [3.05, 3.63) is 48.4 Å². The van der Waals surface area contributed by atoms with Gasteiger partial charge in [0.05, 0.1) is 17.4 Å². The van der Waals surface area contributed by atoms with Crippen molar-refractivity contribution in [2.75, 3.05) is 0 Å². The van der Waals surface area contributed by atoms with Crippen LogP contribution in [0.2, 0.25) is 0 Å². The Morgan fingerprint density at radius 1 is 1.10 bits per heavy atom. The van der Waals surface area contributed by atoms with E-state index in [4.69, 9.17) is 5.11 Å². The van der Waals surface area contributed by atoms with Crippen LogP contribution in [0.25, 0.3) is 33.1 Å². The molecule has 21 heavy (non-hydrogen) atoms. The number of nitrogens with zero attached hydrogens (tertiary/aromatic N) is 2.